The lowest BCUT2D eigenvalue weighted by molar-refractivity contribution is -0.143. The summed E-state index contributed by atoms with van der Waals surface area (Å²) in [7, 11) is 3.90. The molecule has 0 aromatic rings. The molecule has 4 rings (SSSR count). The van der Waals surface area contributed by atoms with Crippen molar-refractivity contribution in [2.75, 3.05) is 59.9 Å². The molecule has 3 amide bonds. The van der Waals surface area contributed by atoms with E-state index >= 15 is 0 Å². The third kappa shape index (κ3) is 7.86. The molecule has 0 spiro atoms. The fraction of sp³-hybridized carbons (Fsp3) is 0.909. The summed E-state index contributed by atoms with van der Waals surface area (Å²) in [5.41, 5.74) is -0.429. The summed E-state index contributed by atoms with van der Waals surface area (Å²) in [6.45, 7) is 17.1. The molecule has 0 aromatic carbocycles. The Labute approximate surface area is 255 Å². The van der Waals surface area contributed by atoms with Gasteiger partial charge in [-0.1, -0.05) is 41.0 Å². The molecule has 4 heterocycles. The van der Waals surface area contributed by atoms with Gasteiger partial charge >= 0.3 is 0 Å². The van der Waals surface area contributed by atoms with Gasteiger partial charge in [0.2, 0.25) is 17.7 Å². The van der Waals surface area contributed by atoms with E-state index in [2.05, 4.69) is 38.8 Å². The van der Waals surface area contributed by atoms with Gasteiger partial charge in [-0.2, -0.15) is 0 Å². The predicted octanol–water partition coefficient (Wildman–Crippen LogP) is 3.04. The fourth-order valence-corrected chi connectivity index (χ4v) is 7.78. The quantitative estimate of drug-likeness (QED) is 0.423. The summed E-state index contributed by atoms with van der Waals surface area (Å²) >= 11 is 0. The van der Waals surface area contributed by atoms with Crippen LogP contribution in [0.15, 0.2) is 0 Å². The molecule has 9 heteroatoms. The van der Waals surface area contributed by atoms with Crippen LogP contribution in [-0.2, 0) is 14.4 Å². The van der Waals surface area contributed by atoms with Gasteiger partial charge in [-0.15, -0.1) is 0 Å². The first-order valence-corrected chi connectivity index (χ1v) is 16.9. The second-order valence-electron chi connectivity index (χ2n) is 15.0. The summed E-state index contributed by atoms with van der Waals surface area (Å²) in [5, 5.41) is 3.17. The number of piperidine rings is 1. The minimum absolute atomic E-state index is 0.0414. The lowest BCUT2D eigenvalue weighted by atomic mass is 9.84. The molecule has 0 saturated carbocycles. The first-order chi connectivity index (χ1) is 19.9. The van der Waals surface area contributed by atoms with Crippen molar-refractivity contribution in [3.63, 3.8) is 0 Å². The summed E-state index contributed by atoms with van der Waals surface area (Å²) < 4.78 is 0. The summed E-state index contributed by atoms with van der Waals surface area (Å²) in [5.74, 6) is 0.424. The molecule has 4 aliphatic rings. The van der Waals surface area contributed by atoms with E-state index in [-0.39, 0.29) is 35.9 Å². The number of likely N-dealkylation sites (tertiary alicyclic amines) is 4. The van der Waals surface area contributed by atoms with Crippen molar-refractivity contribution in [1.82, 2.24) is 29.8 Å². The van der Waals surface area contributed by atoms with Crippen LogP contribution in [0.25, 0.3) is 0 Å². The fourth-order valence-electron chi connectivity index (χ4n) is 7.78. The topological polar surface area (TPSA) is 79.4 Å². The molecule has 240 valence electrons. The largest absolute Gasteiger partial charge is 0.342 e. The molecule has 0 aromatic heterocycles. The minimum atomic E-state index is -0.612. The zero-order chi connectivity index (χ0) is 30.6. The number of hydrogen-bond acceptors (Lipinski definition) is 6. The summed E-state index contributed by atoms with van der Waals surface area (Å²) in [6.07, 6.45) is 9.64. The van der Waals surface area contributed by atoms with Crippen LogP contribution in [0.2, 0.25) is 0 Å². The molecule has 3 unspecified atom stereocenters. The van der Waals surface area contributed by atoms with Crippen molar-refractivity contribution in [1.29, 1.82) is 0 Å². The van der Waals surface area contributed by atoms with Gasteiger partial charge in [0.15, 0.2) is 0 Å². The second kappa shape index (κ2) is 14.4. The van der Waals surface area contributed by atoms with Gasteiger partial charge in [-0.05, 0) is 95.9 Å². The minimum Gasteiger partial charge on any atom is -0.342 e. The Bertz CT molecular complexity index is 929. The maximum atomic E-state index is 14.1. The molecule has 4 fully saturated rings. The Kier molecular flexibility index (Phi) is 11.4. The zero-order valence-electron chi connectivity index (χ0n) is 27.7. The zero-order valence-corrected chi connectivity index (χ0v) is 27.7. The van der Waals surface area contributed by atoms with Crippen LogP contribution >= 0.6 is 0 Å². The van der Waals surface area contributed by atoms with Crippen molar-refractivity contribution in [3.05, 3.63) is 0 Å². The highest BCUT2D eigenvalue weighted by Crippen LogP contribution is 2.29. The molecule has 42 heavy (non-hydrogen) atoms. The molecule has 5 atom stereocenters. The van der Waals surface area contributed by atoms with Crippen molar-refractivity contribution >= 4 is 17.7 Å². The van der Waals surface area contributed by atoms with Crippen LogP contribution in [0.4, 0.5) is 0 Å². The van der Waals surface area contributed by atoms with Crippen LogP contribution in [0.5, 0.6) is 0 Å². The number of nitrogens with one attached hydrogen (secondary N) is 1. The normalized spacial score (nSPS) is 27.9. The van der Waals surface area contributed by atoms with Crippen molar-refractivity contribution < 1.29 is 14.4 Å². The van der Waals surface area contributed by atoms with E-state index in [1.165, 1.54) is 12.8 Å². The Morgan fingerprint density at radius 1 is 0.857 bits per heavy atom. The molecule has 4 saturated heterocycles. The van der Waals surface area contributed by atoms with E-state index in [0.717, 1.165) is 84.2 Å². The number of amides is 3. The number of nitrogens with zero attached hydrogens (tertiary/aromatic N) is 5. The van der Waals surface area contributed by atoms with Gasteiger partial charge in [-0.3, -0.25) is 24.2 Å². The highest BCUT2D eigenvalue weighted by Gasteiger charge is 2.43. The summed E-state index contributed by atoms with van der Waals surface area (Å²) in [6, 6.07) is -0.613. The van der Waals surface area contributed by atoms with Crippen LogP contribution < -0.4 is 5.32 Å². The molecule has 0 radical (unpaired) electrons. The lowest BCUT2D eigenvalue weighted by Gasteiger charge is -2.41. The molecule has 0 bridgehead atoms. The number of likely N-dealkylation sites (N-methyl/N-ethyl adjacent to an activating group) is 2. The van der Waals surface area contributed by atoms with Gasteiger partial charge in [0.1, 0.15) is 6.04 Å². The maximum absolute atomic E-state index is 14.1. The Morgan fingerprint density at radius 2 is 1.50 bits per heavy atom. The highest BCUT2D eigenvalue weighted by molar-refractivity contribution is 5.90. The third-order valence-electron chi connectivity index (χ3n) is 10.5. The van der Waals surface area contributed by atoms with Gasteiger partial charge in [0, 0.05) is 38.8 Å². The van der Waals surface area contributed by atoms with E-state index in [9.17, 15) is 14.4 Å². The van der Waals surface area contributed by atoms with E-state index in [1.54, 1.807) is 0 Å². The first kappa shape index (κ1) is 33.2. The Balaban J connectivity index is 1.43. The SMILES string of the molecule is CC(C)C(CN1CCCC1C(=O)N1CCCC1CN1CCCC1)N(C)C(=O)[C@@H](NC(=O)[C@H]1CCCCN1C)C(C)(C)C. The van der Waals surface area contributed by atoms with E-state index in [4.69, 9.17) is 0 Å². The summed E-state index contributed by atoms with van der Waals surface area (Å²) in [4.78, 5) is 52.6. The van der Waals surface area contributed by atoms with Gasteiger partial charge in [-0.25, -0.2) is 0 Å². The maximum Gasteiger partial charge on any atom is 0.245 e. The van der Waals surface area contributed by atoms with Crippen molar-refractivity contribution in [3.8, 4) is 0 Å². The van der Waals surface area contributed by atoms with E-state index in [1.807, 2.05) is 39.8 Å². The third-order valence-corrected chi connectivity index (χ3v) is 10.5. The van der Waals surface area contributed by atoms with E-state index in [0.29, 0.717) is 18.5 Å². The van der Waals surface area contributed by atoms with Gasteiger partial charge in [0.25, 0.3) is 0 Å². The van der Waals surface area contributed by atoms with Gasteiger partial charge < -0.3 is 20.0 Å². The van der Waals surface area contributed by atoms with Crippen LogP contribution in [0, 0.1) is 11.3 Å². The average molecular weight is 589 g/mol. The van der Waals surface area contributed by atoms with E-state index < -0.39 is 11.5 Å². The number of carbonyl (C=O) groups is 3. The molecule has 9 nitrogen and oxygen atoms in total. The number of carbonyl (C=O) groups excluding carboxylic acids is 3. The molecule has 4 aliphatic heterocycles. The first-order valence-electron chi connectivity index (χ1n) is 16.9. The molecular weight excluding hydrogens is 528 g/mol. The Hall–Kier alpha value is -1.71. The monoisotopic (exact) mass is 588 g/mol. The van der Waals surface area contributed by atoms with Crippen LogP contribution in [0.3, 0.4) is 0 Å². The average Bonchev–Trinajstić information content (AvgIpc) is 3.71. The molecule has 0 aliphatic carbocycles. The predicted molar refractivity (Wildman–Crippen MR) is 168 cm³/mol. The standard InChI is InChI=1S/C33H60N6O3/c1-24(2)28(36(7)32(42)29(33(3,4)5)34-30(40)26-15-8-9-17-35(26)6)23-38-20-13-16-27(38)31(41)39-21-12-14-25(39)22-37-18-10-11-19-37/h24-29H,8-23H2,1-7H3,(H,34,40)/t25?,26-,27?,28?,29-/m1/s1. The lowest BCUT2D eigenvalue weighted by Crippen LogP contribution is -2.61. The van der Waals surface area contributed by atoms with Crippen molar-refractivity contribution in [2.24, 2.45) is 11.3 Å². The van der Waals surface area contributed by atoms with Crippen LogP contribution in [-0.4, -0.2) is 132 Å². The van der Waals surface area contributed by atoms with Crippen molar-refractivity contribution in [2.45, 2.75) is 123 Å². The van der Waals surface area contributed by atoms with Gasteiger partial charge in [0.05, 0.1) is 12.1 Å². The highest BCUT2D eigenvalue weighted by atomic mass is 16.2. The molecular formula is C33H60N6O3. The second-order valence-corrected chi connectivity index (χ2v) is 15.0. The smallest absolute Gasteiger partial charge is 0.245 e. The number of rotatable bonds is 10. The Morgan fingerprint density at radius 3 is 2.14 bits per heavy atom. The van der Waals surface area contributed by atoms with Crippen LogP contribution in [0.1, 0.15) is 92.4 Å². The molecule has 1 N–H and O–H groups in total. The number of hydrogen-bond donors (Lipinski definition) is 1.